The third kappa shape index (κ3) is 3.37. The van der Waals surface area contributed by atoms with Gasteiger partial charge in [-0.05, 0) is 41.2 Å². The number of hydrogen-bond donors (Lipinski definition) is 2. The van der Waals surface area contributed by atoms with E-state index in [9.17, 15) is 15.0 Å². The maximum absolute atomic E-state index is 12.7. The highest BCUT2D eigenvalue weighted by atomic mass is 32.2. The number of hydrogen-bond acceptors (Lipinski definition) is 6. The molecule has 0 atom stereocenters. The highest BCUT2D eigenvalue weighted by Gasteiger charge is 2.32. The van der Waals surface area contributed by atoms with Gasteiger partial charge in [0, 0.05) is 11.1 Å². The second-order valence-corrected chi connectivity index (χ2v) is 7.69. The molecular formula is C21H14N2O3S2. The SMILES string of the molecule is O=C1C(=Cc2ccccc2O)SC(=S)N1/N=C/c1c(O)ccc2ccccc12. The Kier molecular flexibility index (Phi) is 4.85. The summed E-state index contributed by atoms with van der Waals surface area (Å²) in [6.07, 6.45) is 3.02. The van der Waals surface area contributed by atoms with Crippen molar-refractivity contribution in [3.8, 4) is 11.5 Å². The van der Waals surface area contributed by atoms with Gasteiger partial charge >= 0.3 is 0 Å². The van der Waals surface area contributed by atoms with Gasteiger partial charge in [-0.1, -0.05) is 60.3 Å². The van der Waals surface area contributed by atoms with Gasteiger partial charge in [0.15, 0.2) is 4.32 Å². The van der Waals surface area contributed by atoms with Crippen LogP contribution in [0.1, 0.15) is 11.1 Å². The van der Waals surface area contributed by atoms with Crippen LogP contribution in [0.5, 0.6) is 11.5 Å². The molecule has 1 saturated heterocycles. The number of benzene rings is 3. The number of para-hydroxylation sites is 1. The van der Waals surface area contributed by atoms with Gasteiger partial charge in [-0.25, -0.2) is 0 Å². The summed E-state index contributed by atoms with van der Waals surface area (Å²) >= 11 is 6.39. The van der Waals surface area contributed by atoms with Gasteiger partial charge in [-0.2, -0.15) is 10.1 Å². The van der Waals surface area contributed by atoms with Crippen molar-refractivity contribution in [2.75, 3.05) is 0 Å². The predicted octanol–water partition coefficient (Wildman–Crippen LogP) is 4.49. The van der Waals surface area contributed by atoms with Crippen molar-refractivity contribution in [1.29, 1.82) is 0 Å². The number of rotatable bonds is 3. The molecule has 2 N–H and O–H groups in total. The topological polar surface area (TPSA) is 73.1 Å². The normalized spacial score (nSPS) is 16.0. The predicted molar refractivity (Wildman–Crippen MR) is 116 cm³/mol. The number of thiocarbonyl (C=S) groups is 1. The summed E-state index contributed by atoms with van der Waals surface area (Å²) in [5.74, 6) is -0.233. The first-order valence-corrected chi connectivity index (χ1v) is 9.58. The molecule has 28 heavy (non-hydrogen) atoms. The second-order valence-electron chi connectivity index (χ2n) is 6.02. The minimum absolute atomic E-state index is 0.0673. The maximum atomic E-state index is 12.7. The number of phenols is 2. The molecule has 1 aliphatic rings. The van der Waals surface area contributed by atoms with E-state index in [0.717, 1.165) is 27.5 Å². The van der Waals surface area contributed by atoms with Gasteiger partial charge in [0.05, 0.1) is 11.1 Å². The van der Waals surface area contributed by atoms with E-state index >= 15 is 0 Å². The minimum atomic E-state index is -0.380. The monoisotopic (exact) mass is 406 g/mol. The first-order valence-electron chi connectivity index (χ1n) is 8.35. The van der Waals surface area contributed by atoms with E-state index in [4.69, 9.17) is 12.2 Å². The number of carbonyl (C=O) groups excluding carboxylic acids is 1. The van der Waals surface area contributed by atoms with Crippen LogP contribution in [0.2, 0.25) is 0 Å². The summed E-state index contributed by atoms with van der Waals surface area (Å²) < 4.78 is 0.280. The highest BCUT2D eigenvalue weighted by molar-refractivity contribution is 8.26. The second kappa shape index (κ2) is 7.46. The van der Waals surface area contributed by atoms with E-state index in [1.54, 1.807) is 36.4 Å². The third-order valence-corrected chi connectivity index (χ3v) is 5.53. The molecule has 1 aliphatic heterocycles. The fourth-order valence-corrected chi connectivity index (χ4v) is 4.01. The summed E-state index contributed by atoms with van der Waals surface area (Å²) in [5.41, 5.74) is 1.04. The number of thioether (sulfide) groups is 1. The fraction of sp³-hybridized carbons (Fsp3) is 0. The molecular weight excluding hydrogens is 392 g/mol. The lowest BCUT2D eigenvalue weighted by Crippen LogP contribution is -2.22. The number of carbonyl (C=O) groups is 1. The Morgan fingerprint density at radius 2 is 1.71 bits per heavy atom. The van der Waals surface area contributed by atoms with E-state index < -0.39 is 0 Å². The highest BCUT2D eigenvalue weighted by Crippen LogP contribution is 2.34. The lowest BCUT2D eigenvalue weighted by atomic mass is 10.0. The number of nitrogens with zero attached hydrogens (tertiary/aromatic N) is 2. The molecule has 1 fully saturated rings. The van der Waals surface area contributed by atoms with Crippen molar-refractivity contribution >= 4 is 57.3 Å². The van der Waals surface area contributed by atoms with Crippen LogP contribution in [-0.2, 0) is 4.79 Å². The van der Waals surface area contributed by atoms with Crippen molar-refractivity contribution in [3.05, 3.63) is 76.7 Å². The molecule has 1 heterocycles. The summed E-state index contributed by atoms with van der Waals surface area (Å²) in [5, 5.41) is 27.2. The van der Waals surface area contributed by atoms with E-state index in [-0.39, 0.29) is 21.7 Å². The van der Waals surface area contributed by atoms with Crippen LogP contribution in [0.15, 0.2) is 70.7 Å². The van der Waals surface area contributed by atoms with E-state index in [1.165, 1.54) is 6.21 Å². The molecule has 0 saturated carbocycles. The van der Waals surface area contributed by atoms with Crippen LogP contribution < -0.4 is 0 Å². The number of amides is 1. The number of hydrazone groups is 1. The van der Waals surface area contributed by atoms with Gasteiger partial charge in [0.1, 0.15) is 11.5 Å². The Morgan fingerprint density at radius 3 is 2.54 bits per heavy atom. The number of phenolic OH excluding ortho intramolecular Hbond substituents is 2. The van der Waals surface area contributed by atoms with E-state index in [1.807, 2.05) is 30.3 Å². The molecule has 3 aromatic carbocycles. The first kappa shape index (κ1) is 18.2. The molecule has 0 spiro atoms. The van der Waals surface area contributed by atoms with Crippen LogP contribution in [-0.4, -0.2) is 31.7 Å². The molecule has 138 valence electrons. The van der Waals surface area contributed by atoms with Crippen molar-refractivity contribution in [2.45, 2.75) is 0 Å². The molecule has 0 bridgehead atoms. The van der Waals surface area contributed by atoms with E-state index in [2.05, 4.69) is 5.10 Å². The summed E-state index contributed by atoms with van der Waals surface area (Å²) in [4.78, 5) is 13.1. The standard InChI is InChI=1S/C21H14N2O3S2/c24-17-8-4-2-6-14(17)11-19-20(26)23(21(27)28-19)22-12-16-15-7-3-1-5-13(15)9-10-18(16)25/h1-12,24-25H/b19-11?,22-12+. The van der Waals surface area contributed by atoms with Crippen molar-refractivity contribution in [2.24, 2.45) is 5.10 Å². The zero-order valence-corrected chi connectivity index (χ0v) is 16.1. The largest absolute Gasteiger partial charge is 0.507 e. The Morgan fingerprint density at radius 1 is 0.964 bits per heavy atom. The van der Waals surface area contributed by atoms with E-state index in [0.29, 0.717) is 16.0 Å². The van der Waals surface area contributed by atoms with Gasteiger partial charge in [-0.15, -0.1) is 0 Å². The molecule has 0 radical (unpaired) electrons. The van der Waals surface area contributed by atoms with Gasteiger partial charge < -0.3 is 10.2 Å². The Balaban J connectivity index is 1.66. The smallest absolute Gasteiger partial charge is 0.286 e. The van der Waals surface area contributed by atoms with Gasteiger partial charge in [0.25, 0.3) is 5.91 Å². The molecule has 3 aromatic rings. The minimum Gasteiger partial charge on any atom is -0.507 e. The van der Waals surface area contributed by atoms with Crippen LogP contribution in [0, 0.1) is 0 Å². The molecule has 7 heteroatoms. The molecule has 0 aromatic heterocycles. The average molecular weight is 406 g/mol. The maximum Gasteiger partial charge on any atom is 0.286 e. The van der Waals surface area contributed by atoms with Crippen molar-refractivity contribution in [3.63, 3.8) is 0 Å². The molecule has 0 aliphatic carbocycles. The molecule has 0 unspecified atom stereocenters. The van der Waals surface area contributed by atoms with Crippen LogP contribution in [0.4, 0.5) is 0 Å². The van der Waals surface area contributed by atoms with Crippen LogP contribution in [0.3, 0.4) is 0 Å². The Bertz CT molecular complexity index is 1170. The number of fused-ring (bicyclic) bond motifs is 1. The van der Waals surface area contributed by atoms with Crippen LogP contribution >= 0.6 is 24.0 Å². The fourth-order valence-electron chi connectivity index (χ4n) is 2.85. The lowest BCUT2D eigenvalue weighted by molar-refractivity contribution is -0.122. The van der Waals surface area contributed by atoms with Crippen LogP contribution in [0.25, 0.3) is 16.8 Å². The summed E-state index contributed by atoms with van der Waals surface area (Å²) in [6.45, 7) is 0. The quantitative estimate of drug-likeness (QED) is 0.381. The van der Waals surface area contributed by atoms with Crippen molar-refractivity contribution in [1.82, 2.24) is 5.01 Å². The zero-order valence-electron chi connectivity index (χ0n) is 14.4. The Labute approximate surface area is 170 Å². The zero-order chi connectivity index (χ0) is 19.7. The average Bonchev–Trinajstić information content (AvgIpc) is 2.96. The summed E-state index contributed by atoms with van der Waals surface area (Å²) in [6, 6.07) is 17.7. The lowest BCUT2D eigenvalue weighted by Gasteiger charge is -2.08. The molecule has 5 nitrogen and oxygen atoms in total. The summed E-state index contributed by atoms with van der Waals surface area (Å²) in [7, 11) is 0. The van der Waals surface area contributed by atoms with Gasteiger partial charge in [0.2, 0.25) is 0 Å². The van der Waals surface area contributed by atoms with Crippen molar-refractivity contribution < 1.29 is 15.0 Å². The number of aromatic hydroxyl groups is 2. The Hall–Kier alpha value is -3.16. The first-order chi connectivity index (χ1) is 13.5. The molecule has 1 amide bonds. The third-order valence-electron chi connectivity index (χ3n) is 4.25. The molecule has 4 rings (SSSR count). The van der Waals surface area contributed by atoms with Gasteiger partial charge in [-0.3, -0.25) is 4.79 Å².